The van der Waals surface area contributed by atoms with Crippen molar-refractivity contribution >= 4 is 23.2 Å². The van der Waals surface area contributed by atoms with Gasteiger partial charge >= 0.3 is 5.69 Å². The first-order valence-electron chi connectivity index (χ1n) is 9.20. The summed E-state index contributed by atoms with van der Waals surface area (Å²) in [6.45, 7) is -0.580. The fourth-order valence-electron chi connectivity index (χ4n) is 3.21. The average molecular weight is 401 g/mol. The van der Waals surface area contributed by atoms with Crippen molar-refractivity contribution in [1.82, 2.24) is 5.32 Å². The molecule has 1 aliphatic carbocycles. The van der Waals surface area contributed by atoms with Crippen LogP contribution in [0.15, 0.2) is 42.5 Å². The molecule has 1 aliphatic rings. The number of rotatable bonds is 7. The Kier molecular flexibility index (Phi) is 6.38. The molecule has 0 atom stereocenters. The molecule has 9 heteroatoms. The van der Waals surface area contributed by atoms with Crippen molar-refractivity contribution in [3.05, 3.63) is 64.0 Å². The maximum absolute atomic E-state index is 13.3. The number of amides is 2. The van der Waals surface area contributed by atoms with Gasteiger partial charge in [0.1, 0.15) is 5.82 Å². The second kappa shape index (κ2) is 9.13. The molecule has 0 radical (unpaired) electrons. The first-order chi connectivity index (χ1) is 13.9. The molecular weight excluding hydrogens is 381 g/mol. The highest BCUT2D eigenvalue weighted by Gasteiger charge is 2.21. The Labute approximate surface area is 166 Å². The van der Waals surface area contributed by atoms with Crippen LogP contribution in [0.5, 0.6) is 5.75 Å². The van der Waals surface area contributed by atoms with Gasteiger partial charge in [-0.25, -0.2) is 4.39 Å². The van der Waals surface area contributed by atoms with Crippen molar-refractivity contribution in [2.75, 3.05) is 11.9 Å². The minimum absolute atomic E-state index is 0.128. The Balaban J connectivity index is 1.65. The van der Waals surface area contributed by atoms with Crippen LogP contribution in [0.3, 0.4) is 0 Å². The van der Waals surface area contributed by atoms with Crippen LogP contribution in [0, 0.1) is 15.9 Å². The molecule has 0 unspecified atom stereocenters. The topological polar surface area (TPSA) is 111 Å². The highest BCUT2D eigenvalue weighted by atomic mass is 19.1. The lowest BCUT2D eigenvalue weighted by Crippen LogP contribution is -2.33. The summed E-state index contributed by atoms with van der Waals surface area (Å²) in [5, 5.41) is 16.5. The second-order valence-electron chi connectivity index (χ2n) is 6.71. The SMILES string of the molecule is O=C(COc1cc(F)ccc1[N+](=O)[O-])Nc1ccccc1C(=O)NC1CCCC1. The third kappa shape index (κ3) is 5.28. The first kappa shape index (κ1) is 20.2. The number of nitro benzene ring substituents is 1. The van der Waals surface area contributed by atoms with Crippen molar-refractivity contribution in [3.63, 3.8) is 0 Å². The summed E-state index contributed by atoms with van der Waals surface area (Å²) >= 11 is 0. The number of halogens is 1. The minimum atomic E-state index is -0.727. The maximum atomic E-state index is 13.3. The number of nitrogens with one attached hydrogen (secondary N) is 2. The lowest BCUT2D eigenvalue weighted by molar-refractivity contribution is -0.385. The summed E-state index contributed by atoms with van der Waals surface area (Å²) < 4.78 is 18.5. The lowest BCUT2D eigenvalue weighted by Gasteiger charge is -2.15. The van der Waals surface area contributed by atoms with Gasteiger partial charge in [-0.3, -0.25) is 19.7 Å². The Morgan fingerprint density at radius 2 is 1.90 bits per heavy atom. The molecule has 8 nitrogen and oxygen atoms in total. The third-order valence-corrected chi connectivity index (χ3v) is 4.61. The molecule has 2 aromatic rings. The number of carbonyl (C=O) groups is 2. The predicted octanol–water partition coefficient (Wildman–Crippen LogP) is 3.42. The van der Waals surface area contributed by atoms with E-state index in [4.69, 9.17) is 4.74 Å². The number of carbonyl (C=O) groups excluding carboxylic acids is 2. The van der Waals surface area contributed by atoms with Gasteiger partial charge in [-0.1, -0.05) is 25.0 Å². The monoisotopic (exact) mass is 401 g/mol. The van der Waals surface area contributed by atoms with Crippen molar-refractivity contribution in [3.8, 4) is 5.75 Å². The van der Waals surface area contributed by atoms with E-state index in [0.717, 1.165) is 43.9 Å². The van der Waals surface area contributed by atoms with Crippen LogP contribution < -0.4 is 15.4 Å². The van der Waals surface area contributed by atoms with Crippen LogP contribution in [0.1, 0.15) is 36.0 Å². The molecule has 0 heterocycles. The first-order valence-corrected chi connectivity index (χ1v) is 9.20. The number of para-hydroxylation sites is 1. The summed E-state index contributed by atoms with van der Waals surface area (Å²) in [5.41, 5.74) is 0.158. The lowest BCUT2D eigenvalue weighted by atomic mass is 10.1. The van der Waals surface area contributed by atoms with Gasteiger partial charge in [-0.15, -0.1) is 0 Å². The van der Waals surface area contributed by atoms with E-state index in [2.05, 4.69) is 10.6 Å². The molecule has 29 heavy (non-hydrogen) atoms. The van der Waals surface area contributed by atoms with Gasteiger partial charge in [0.25, 0.3) is 11.8 Å². The zero-order chi connectivity index (χ0) is 20.8. The van der Waals surface area contributed by atoms with Gasteiger partial charge in [0.2, 0.25) is 5.75 Å². The molecule has 2 aromatic carbocycles. The van der Waals surface area contributed by atoms with Crippen molar-refractivity contribution in [2.24, 2.45) is 0 Å². The molecule has 0 bridgehead atoms. The van der Waals surface area contributed by atoms with Crippen LogP contribution in [-0.4, -0.2) is 29.4 Å². The quantitative estimate of drug-likeness (QED) is 0.546. The van der Waals surface area contributed by atoms with E-state index in [0.29, 0.717) is 11.3 Å². The number of anilines is 1. The number of ether oxygens (including phenoxy) is 1. The maximum Gasteiger partial charge on any atom is 0.311 e. The van der Waals surface area contributed by atoms with Gasteiger partial charge in [0.05, 0.1) is 16.2 Å². The van der Waals surface area contributed by atoms with E-state index in [1.807, 2.05) is 0 Å². The van der Waals surface area contributed by atoms with Crippen molar-refractivity contribution in [1.29, 1.82) is 0 Å². The molecule has 1 saturated carbocycles. The normalized spacial score (nSPS) is 13.7. The third-order valence-electron chi connectivity index (χ3n) is 4.61. The second-order valence-corrected chi connectivity index (χ2v) is 6.71. The summed E-state index contributed by atoms with van der Waals surface area (Å²) in [5.74, 6) is -1.99. The molecule has 1 fully saturated rings. The van der Waals surface area contributed by atoms with Gasteiger partial charge in [-0.2, -0.15) is 0 Å². The van der Waals surface area contributed by atoms with Crippen LogP contribution >= 0.6 is 0 Å². The number of nitrogens with zero attached hydrogens (tertiary/aromatic N) is 1. The van der Waals surface area contributed by atoms with Gasteiger partial charge < -0.3 is 15.4 Å². The fraction of sp³-hybridized carbons (Fsp3) is 0.300. The van der Waals surface area contributed by atoms with Gasteiger partial charge in [0.15, 0.2) is 6.61 Å². The summed E-state index contributed by atoms with van der Waals surface area (Å²) in [4.78, 5) is 35.0. The summed E-state index contributed by atoms with van der Waals surface area (Å²) in [7, 11) is 0. The van der Waals surface area contributed by atoms with E-state index in [-0.39, 0.29) is 17.7 Å². The molecule has 2 N–H and O–H groups in total. The van der Waals surface area contributed by atoms with Gasteiger partial charge in [-0.05, 0) is 31.0 Å². The molecule has 0 saturated heterocycles. The molecule has 3 rings (SSSR count). The summed E-state index contributed by atoms with van der Waals surface area (Å²) in [6, 6.07) is 9.39. The predicted molar refractivity (Wildman–Crippen MR) is 103 cm³/mol. The number of hydrogen-bond acceptors (Lipinski definition) is 5. The van der Waals surface area contributed by atoms with E-state index in [1.54, 1.807) is 24.3 Å². The highest BCUT2D eigenvalue weighted by Crippen LogP contribution is 2.27. The zero-order valence-corrected chi connectivity index (χ0v) is 15.5. The molecule has 152 valence electrons. The van der Waals surface area contributed by atoms with Gasteiger partial charge in [0, 0.05) is 18.2 Å². The standard InChI is InChI=1S/C20H20FN3O5/c21-13-9-10-17(24(27)28)18(11-13)29-12-19(25)23-16-8-4-3-7-15(16)20(26)22-14-5-1-2-6-14/h3-4,7-11,14H,1-2,5-6,12H2,(H,22,26)(H,23,25). The fourth-order valence-corrected chi connectivity index (χ4v) is 3.21. The molecular formula is C20H20FN3O5. The van der Waals surface area contributed by atoms with Crippen LogP contribution in [0.25, 0.3) is 0 Å². The molecule has 2 amide bonds. The zero-order valence-electron chi connectivity index (χ0n) is 15.5. The van der Waals surface area contributed by atoms with Crippen molar-refractivity contribution < 1.29 is 23.6 Å². The Morgan fingerprint density at radius 1 is 1.17 bits per heavy atom. The number of benzene rings is 2. The summed E-state index contributed by atoms with van der Waals surface area (Å²) in [6.07, 6.45) is 4.01. The minimum Gasteiger partial charge on any atom is -0.477 e. The highest BCUT2D eigenvalue weighted by molar-refractivity contribution is 6.04. The number of hydrogen-bond donors (Lipinski definition) is 2. The van der Waals surface area contributed by atoms with E-state index < -0.39 is 28.9 Å². The molecule has 0 spiro atoms. The smallest absolute Gasteiger partial charge is 0.311 e. The van der Waals surface area contributed by atoms with Crippen molar-refractivity contribution in [2.45, 2.75) is 31.7 Å². The Bertz CT molecular complexity index is 928. The largest absolute Gasteiger partial charge is 0.477 e. The average Bonchev–Trinajstić information content (AvgIpc) is 3.19. The van der Waals surface area contributed by atoms with Crippen LogP contribution in [-0.2, 0) is 4.79 Å². The van der Waals surface area contributed by atoms with Crippen LogP contribution in [0.4, 0.5) is 15.8 Å². The van der Waals surface area contributed by atoms with E-state index in [9.17, 15) is 24.1 Å². The molecule has 0 aromatic heterocycles. The Hall–Kier alpha value is -3.49. The number of nitro groups is 1. The van der Waals surface area contributed by atoms with Crippen LogP contribution in [0.2, 0.25) is 0 Å². The molecule has 0 aliphatic heterocycles. The van der Waals surface area contributed by atoms with E-state index >= 15 is 0 Å². The Morgan fingerprint density at radius 3 is 2.62 bits per heavy atom. The van der Waals surface area contributed by atoms with E-state index in [1.165, 1.54) is 0 Å².